The summed E-state index contributed by atoms with van der Waals surface area (Å²) in [5.74, 6) is 1.05. The lowest BCUT2D eigenvalue weighted by atomic mass is 10.1. The summed E-state index contributed by atoms with van der Waals surface area (Å²) in [6.07, 6.45) is 5.23. The van der Waals surface area contributed by atoms with E-state index in [-0.39, 0.29) is 0 Å². The highest BCUT2D eigenvalue weighted by Gasteiger charge is 2.09. The number of halogens is 1. The molecule has 5 nitrogen and oxygen atoms in total. The normalized spacial score (nSPS) is 10.5. The van der Waals surface area contributed by atoms with Crippen molar-refractivity contribution in [3.05, 3.63) is 53.9 Å². The fourth-order valence-electron chi connectivity index (χ4n) is 1.86. The number of benzene rings is 1. The molecule has 0 unspecified atom stereocenters. The molecule has 100 valence electrons. The van der Waals surface area contributed by atoms with Crippen LogP contribution in [0.25, 0.3) is 16.9 Å². The van der Waals surface area contributed by atoms with Crippen LogP contribution in [-0.2, 0) is 0 Å². The second-order valence-electron chi connectivity index (χ2n) is 4.15. The predicted molar refractivity (Wildman–Crippen MR) is 79.1 cm³/mol. The summed E-state index contributed by atoms with van der Waals surface area (Å²) in [5, 5.41) is 7.64. The van der Waals surface area contributed by atoms with Gasteiger partial charge in [-0.15, -0.1) is 0 Å². The molecule has 0 saturated heterocycles. The monoisotopic (exact) mass is 285 g/mol. The van der Waals surface area contributed by atoms with Gasteiger partial charge in [-0.05, 0) is 5.56 Å². The quantitative estimate of drug-likeness (QED) is 0.804. The second-order valence-corrected chi connectivity index (χ2v) is 4.56. The van der Waals surface area contributed by atoms with Crippen LogP contribution in [0, 0.1) is 0 Å². The second kappa shape index (κ2) is 5.30. The maximum absolute atomic E-state index is 6.13. The SMILES string of the molecule is CNc1ncc(Cl)c(-n2cc(-c3ccccc3)cn2)n1. The fourth-order valence-corrected chi connectivity index (χ4v) is 2.04. The molecule has 0 spiro atoms. The van der Waals surface area contributed by atoms with Crippen molar-refractivity contribution in [2.45, 2.75) is 0 Å². The summed E-state index contributed by atoms with van der Waals surface area (Å²) in [6.45, 7) is 0. The summed E-state index contributed by atoms with van der Waals surface area (Å²) in [4.78, 5) is 8.37. The van der Waals surface area contributed by atoms with Gasteiger partial charge < -0.3 is 5.32 Å². The molecule has 2 heterocycles. The van der Waals surface area contributed by atoms with E-state index < -0.39 is 0 Å². The van der Waals surface area contributed by atoms with Gasteiger partial charge in [0.1, 0.15) is 5.02 Å². The van der Waals surface area contributed by atoms with Crippen LogP contribution in [0.1, 0.15) is 0 Å². The molecule has 20 heavy (non-hydrogen) atoms. The van der Waals surface area contributed by atoms with E-state index in [1.54, 1.807) is 24.1 Å². The van der Waals surface area contributed by atoms with Crippen LogP contribution in [0.4, 0.5) is 5.95 Å². The van der Waals surface area contributed by atoms with Crippen LogP contribution in [0.2, 0.25) is 5.02 Å². The Balaban J connectivity index is 2.02. The van der Waals surface area contributed by atoms with E-state index in [1.807, 2.05) is 36.5 Å². The van der Waals surface area contributed by atoms with Gasteiger partial charge in [0, 0.05) is 18.8 Å². The lowest BCUT2D eigenvalue weighted by Gasteiger charge is -2.04. The number of nitrogens with one attached hydrogen (secondary N) is 1. The third-order valence-electron chi connectivity index (χ3n) is 2.86. The minimum absolute atomic E-state index is 0.451. The molecule has 0 saturated carbocycles. The molecule has 0 radical (unpaired) electrons. The Morgan fingerprint density at radius 3 is 2.65 bits per heavy atom. The van der Waals surface area contributed by atoms with Gasteiger partial charge in [-0.3, -0.25) is 0 Å². The number of anilines is 1. The third kappa shape index (κ3) is 2.35. The van der Waals surface area contributed by atoms with Crippen LogP contribution >= 0.6 is 11.6 Å². The highest BCUT2D eigenvalue weighted by atomic mass is 35.5. The van der Waals surface area contributed by atoms with Crippen molar-refractivity contribution < 1.29 is 0 Å². The van der Waals surface area contributed by atoms with Gasteiger partial charge in [-0.25, -0.2) is 9.67 Å². The van der Waals surface area contributed by atoms with E-state index in [4.69, 9.17) is 11.6 Å². The van der Waals surface area contributed by atoms with Crippen molar-refractivity contribution in [1.82, 2.24) is 19.7 Å². The molecule has 1 aromatic carbocycles. The van der Waals surface area contributed by atoms with Crippen molar-refractivity contribution in [3.8, 4) is 16.9 Å². The van der Waals surface area contributed by atoms with Gasteiger partial charge in [0.2, 0.25) is 5.95 Å². The Morgan fingerprint density at radius 1 is 1.10 bits per heavy atom. The molecule has 6 heteroatoms. The summed E-state index contributed by atoms with van der Waals surface area (Å²) in [6, 6.07) is 10.0. The molecule has 3 rings (SSSR count). The number of aromatic nitrogens is 4. The third-order valence-corrected chi connectivity index (χ3v) is 3.12. The largest absolute Gasteiger partial charge is 0.357 e. The van der Waals surface area contributed by atoms with Crippen LogP contribution in [0.3, 0.4) is 0 Å². The van der Waals surface area contributed by atoms with Crippen molar-refractivity contribution in [1.29, 1.82) is 0 Å². The van der Waals surface area contributed by atoms with Crippen LogP contribution in [-0.4, -0.2) is 26.8 Å². The maximum Gasteiger partial charge on any atom is 0.224 e. The van der Waals surface area contributed by atoms with E-state index in [1.165, 1.54) is 0 Å². The van der Waals surface area contributed by atoms with E-state index in [9.17, 15) is 0 Å². The van der Waals surface area contributed by atoms with Gasteiger partial charge in [0.25, 0.3) is 0 Å². The minimum atomic E-state index is 0.451. The average Bonchev–Trinajstić information content (AvgIpc) is 2.98. The maximum atomic E-state index is 6.13. The zero-order valence-electron chi connectivity index (χ0n) is 10.8. The fraction of sp³-hybridized carbons (Fsp3) is 0.0714. The highest BCUT2D eigenvalue weighted by Crippen LogP contribution is 2.22. The predicted octanol–water partition coefficient (Wildman–Crippen LogP) is 3.02. The minimum Gasteiger partial charge on any atom is -0.357 e. The van der Waals surface area contributed by atoms with Crippen LogP contribution < -0.4 is 5.32 Å². The molecule has 0 aliphatic heterocycles. The topological polar surface area (TPSA) is 55.6 Å². The number of hydrogen-bond donors (Lipinski definition) is 1. The Morgan fingerprint density at radius 2 is 1.90 bits per heavy atom. The Hall–Kier alpha value is -2.40. The molecule has 3 aromatic rings. The summed E-state index contributed by atoms with van der Waals surface area (Å²) >= 11 is 6.13. The smallest absolute Gasteiger partial charge is 0.224 e. The Bertz CT molecular complexity index is 723. The zero-order chi connectivity index (χ0) is 13.9. The molecule has 2 aromatic heterocycles. The van der Waals surface area contributed by atoms with Gasteiger partial charge in [-0.1, -0.05) is 41.9 Å². The van der Waals surface area contributed by atoms with E-state index in [2.05, 4.69) is 20.4 Å². The summed E-state index contributed by atoms with van der Waals surface area (Å²) in [7, 11) is 1.76. The van der Waals surface area contributed by atoms with E-state index >= 15 is 0 Å². The summed E-state index contributed by atoms with van der Waals surface area (Å²) < 4.78 is 1.65. The first-order valence-corrected chi connectivity index (χ1v) is 6.46. The molecule has 0 bridgehead atoms. The molecular formula is C14H12ClN5. The molecular weight excluding hydrogens is 274 g/mol. The molecule has 0 atom stereocenters. The van der Waals surface area contributed by atoms with Crippen molar-refractivity contribution in [3.63, 3.8) is 0 Å². The summed E-state index contributed by atoms with van der Waals surface area (Å²) in [5.41, 5.74) is 2.10. The molecule has 0 aliphatic carbocycles. The Kier molecular flexibility index (Phi) is 3.35. The number of hydrogen-bond acceptors (Lipinski definition) is 4. The van der Waals surface area contributed by atoms with Gasteiger partial charge >= 0.3 is 0 Å². The highest BCUT2D eigenvalue weighted by molar-refractivity contribution is 6.32. The van der Waals surface area contributed by atoms with Gasteiger partial charge in [0.05, 0.1) is 12.4 Å². The molecule has 0 aliphatic rings. The van der Waals surface area contributed by atoms with Crippen molar-refractivity contribution >= 4 is 17.5 Å². The van der Waals surface area contributed by atoms with Gasteiger partial charge in [0.15, 0.2) is 5.82 Å². The average molecular weight is 286 g/mol. The molecule has 0 fully saturated rings. The van der Waals surface area contributed by atoms with Crippen LogP contribution in [0.5, 0.6) is 0 Å². The lowest BCUT2D eigenvalue weighted by molar-refractivity contribution is 0.841. The zero-order valence-corrected chi connectivity index (χ0v) is 11.5. The van der Waals surface area contributed by atoms with Crippen molar-refractivity contribution in [2.24, 2.45) is 0 Å². The lowest BCUT2D eigenvalue weighted by Crippen LogP contribution is -2.03. The van der Waals surface area contributed by atoms with Gasteiger partial charge in [-0.2, -0.15) is 10.1 Å². The van der Waals surface area contributed by atoms with E-state index in [0.29, 0.717) is 16.8 Å². The number of nitrogens with zero attached hydrogens (tertiary/aromatic N) is 4. The Labute approximate surface area is 121 Å². The molecule has 1 N–H and O–H groups in total. The standard InChI is InChI=1S/C14H12ClN5/c1-16-14-17-8-12(15)13(19-14)20-9-11(7-18-20)10-5-3-2-4-6-10/h2-9H,1H3,(H,16,17,19). The first-order chi connectivity index (χ1) is 9.78. The number of rotatable bonds is 3. The van der Waals surface area contributed by atoms with Crippen molar-refractivity contribution in [2.75, 3.05) is 12.4 Å². The van der Waals surface area contributed by atoms with Crippen LogP contribution in [0.15, 0.2) is 48.9 Å². The first-order valence-electron chi connectivity index (χ1n) is 6.08. The molecule has 0 amide bonds. The van der Waals surface area contributed by atoms with E-state index in [0.717, 1.165) is 11.1 Å². The first kappa shape index (κ1) is 12.6.